The Morgan fingerprint density at radius 2 is 1.73 bits per heavy atom. The van der Waals surface area contributed by atoms with Gasteiger partial charge in [0, 0.05) is 24.8 Å². The molecule has 3 rings (SSSR count). The molecule has 1 aromatic carbocycles. The van der Waals surface area contributed by atoms with Crippen LogP contribution >= 0.6 is 0 Å². The van der Waals surface area contributed by atoms with Gasteiger partial charge in [0.25, 0.3) is 0 Å². The zero-order valence-corrected chi connectivity index (χ0v) is 12.1. The van der Waals surface area contributed by atoms with Crippen LogP contribution in [-0.2, 0) is 19.8 Å². The van der Waals surface area contributed by atoms with Crippen LogP contribution in [0.25, 0.3) is 0 Å². The third-order valence-electron chi connectivity index (χ3n) is 4.39. The van der Waals surface area contributed by atoms with Crippen molar-refractivity contribution in [2.45, 2.75) is 31.1 Å². The molecule has 3 amide bonds. The maximum Gasteiger partial charge on any atom is 0.240 e. The minimum atomic E-state index is -0.336. The fraction of sp³-hybridized carbons (Fsp3) is 0.438. The topological polar surface area (TPSA) is 66.5 Å². The van der Waals surface area contributed by atoms with Crippen molar-refractivity contribution in [1.29, 1.82) is 0 Å². The molecule has 0 atom stereocenters. The molecule has 0 spiro atoms. The second-order valence-electron chi connectivity index (χ2n) is 5.94. The molecule has 0 aromatic heterocycles. The van der Waals surface area contributed by atoms with Gasteiger partial charge in [-0.05, 0) is 30.5 Å². The predicted octanol–water partition coefficient (Wildman–Crippen LogP) is 1.12. The number of carbonyl (C=O) groups is 3. The standard InChI is InChI=1S/C16H17FN2O3/c17-12-3-1-11(2-4-12)16(7-8-16)10-18-13(20)9-19-14(21)5-6-15(19)22/h1-4H,5-10H2,(H,18,20). The molecule has 22 heavy (non-hydrogen) atoms. The number of nitrogens with one attached hydrogen (secondary N) is 1. The third-order valence-corrected chi connectivity index (χ3v) is 4.39. The lowest BCUT2D eigenvalue weighted by atomic mass is 9.96. The smallest absolute Gasteiger partial charge is 0.240 e. The summed E-state index contributed by atoms with van der Waals surface area (Å²) in [7, 11) is 0. The van der Waals surface area contributed by atoms with Crippen LogP contribution in [0.1, 0.15) is 31.2 Å². The monoisotopic (exact) mass is 304 g/mol. The van der Waals surface area contributed by atoms with E-state index in [9.17, 15) is 18.8 Å². The first kappa shape index (κ1) is 14.7. The van der Waals surface area contributed by atoms with Crippen molar-refractivity contribution in [3.8, 4) is 0 Å². The molecule has 6 heteroatoms. The van der Waals surface area contributed by atoms with Crippen LogP contribution in [0.2, 0.25) is 0 Å². The van der Waals surface area contributed by atoms with Crippen molar-refractivity contribution < 1.29 is 18.8 Å². The normalized spacial score (nSPS) is 19.4. The maximum atomic E-state index is 13.0. The number of amides is 3. The molecular formula is C16H17FN2O3. The number of hydrogen-bond donors (Lipinski definition) is 1. The second kappa shape index (κ2) is 5.51. The number of likely N-dealkylation sites (tertiary alicyclic amines) is 1. The lowest BCUT2D eigenvalue weighted by Crippen LogP contribution is -2.42. The number of halogens is 1. The van der Waals surface area contributed by atoms with Gasteiger partial charge in [-0.15, -0.1) is 0 Å². The van der Waals surface area contributed by atoms with Gasteiger partial charge in [0.1, 0.15) is 12.4 Å². The van der Waals surface area contributed by atoms with Crippen molar-refractivity contribution in [1.82, 2.24) is 10.2 Å². The summed E-state index contributed by atoms with van der Waals surface area (Å²) in [6.07, 6.45) is 2.23. The average Bonchev–Trinajstić information content (AvgIpc) is 3.23. The van der Waals surface area contributed by atoms with E-state index in [-0.39, 0.29) is 48.3 Å². The zero-order chi connectivity index (χ0) is 15.7. The quantitative estimate of drug-likeness (QED) is 0.829. The van der Waals surface area contributed by atoms with Crippen LogP contribution < -0.4 is 5.32 Å². The highest BCUT2D eigenvalue weighted by Crippen LogP contribution is 2.47. The molecule has 116 valence electrons. The van der Waals surface area contributed by atoms with Crippen LogP contribution in [0.4, 0.5) is 4.39 Å². The Kier molecular flexibility index (Phi) is 3.68. The second-order valence-corrected chi connectivity index (χ2v) is 5.94. The molecule has 1 saturated heterocycles. The van der Waals surface area contributed by atoms with Gasteiger partial charge in [0.15, 0.2) is 0 Å². The first-order valence-corrected chi connectivity index (χ1v) is 7.36. The zero-order valence-electron chi connectivity index (χ0n) is 12.1. The molecule has 1 N–H and O–H groups in total. The van der Waals surface area contributed by atoms with Crippen molar-refractivity contribution in [2.75, 3.05) is 13.1 Å². The van der Waals surface area contributed by atoms with E-state index in [0.717, 1.165) is 23.3 Å². The van der Waals surface area contributed by atoms with Gasteiger partial charge in [-0.2, -0.15) is 0 Å². The van der Waals surface area contributed by atoms with E-state index in [0.29, 0.717) is 6.54 Å². The summed E-state index contributed by atoms with van der Waals surface area (Å²) in [6, 6.07) is 6.31. The Morgan fingerprint density at radius 3 is 2.27 bits per heavy atom. The highest BCUT2D eigenvalue weighted by molar-refractivity contribution is 6.04. The van der Waals surface area contributed by atoms with Gasteiger partial charge < -0.3 is 5.32 Å². The summed E-state index contributed by atoms with van der Waals surface area (Å²) < 4.78 is 13.0. The van der Waals surface area contributed by atoms with Crippen molar-refractivity contribution in [2.24, 2.45) is 0 Å². The fourth-order valence-corrected chi connectivity index (χ4v) is 2.79. The Morgan fingerprint density at radius 1 is 1.14 bits per heavy atom. The molecule has 0 radical (unpaired) electrons. The van der Waals surface area contributed by atoms with E-state index >= 15 is 0 Å². The fourth-order valence-electron chi connectivity index (χ4n) is 2.79. The number of carbonyl (C=O) groups excluding carboxylic acids is 3. The van der Waals surface area contributed by atoms with Crippen LogP contribution in [0.3, 0.4) is 0 Å². The van der Waals surface area contributed by atoms with Gasteiger partial charge in [-0.1, -0.05) is 12.1 Å². The first-order valence-electron chi connectivity index (χ1n) is 7.36. The van der Waals surface area contributed by atoms with Crippen molar-refractivity contribution >= 4 is 17.7 Å². The molecular weight excluding hydrogens is 287 g/mol. The van der Waals surface area contributed by atoms with Gasteiger partial charge in [-0.3, -0.25) is 19.3 Å². The van der Waals surface area contributed by atoms with Crippen molar-refractivity contribution in [3.05, 3.63) is 35.6 Å². The van der Waals surface area contributed by atoms with Gasteiger partial charge in [0.2, 0.25) is 17.7 Å². The van der Waals surface area contributed by atoms with Gasteiger partial charge >= 0.3 is 0 Å². The van der Waals surface area contributed by atoms with E-state index in [4.69, 9.17) is 0 Å². The number of imide groups is 1. The lowest BCUT2D eigenvalue weighted by molar-refractivity contribution is -0.142. The summed E-state index contributed by atoms with van der Waals surface area (Å²) in [5.74, 6) is -1.20. The van der Waals surface area contributed by atoms with E-state index in [1.807, 2.05) is 0 Å². The first-order chi connectivity index (χ1) is 10.5. The van der Waals surface area contributed by atoms with E-state index in [1.54, 1.807) is 12.1 Å². The summed E-state index contributed by atoms with van der Waals surface area (Å²) in [4.78, 5) is 35.9. The average molecular weight is 304 g/mol. The lowest BCUT2D eigenvalue weighted by Gasteiger charge is -2.18. The highest BCUT2D eigenvalue weighted by Gasteiger charge is 2.44. The molecule has 2 fully saturated rings. The molecule has 0 bridgehead atoms. The summed E-state index contributed by atoms with van der Waals surface area (Å²) in [5.41, 5.74) is 0.866. The number of benzene rings is 1. The molecule has 5 nitrogen and oxygen atoms in total. The summed E-state index contributed by atoms with van der Waals surface area (Å²) >= 11 is 0. The largest absolute Gasteiger partial charge is 0.354 e. The Hall–Kier alpha value is -2.24. The van der Waals surface area contributed by atoms with Gasteiger partial charge in [-0.25, -0.2) is 4.39 Å². The molecule has 1 saturated carbocycles. The molecule has 1 aliphatic carbocycles. The van der Waals surface area contributed by atoms with Crippen LogP contribution in [0, 0.1) is 5.82 Å². The molecule has 2 aliphatic rings. The van der Waals surface area contributed by atoms with E-state index in [1.165, 1.54) is 12.1 Å². The van der Waals surface area contributed by atoms with Crippen molar-refractivity contribution in [3.63, 3.8) is 0 Å². The Bertz CT molecular complexity index is 607. The Labute approximate surface area is 127 Å². The van der Waals surface area contributed by atoms with Crippen LogP contribution in [-0.4, -0.2) is 35.7 Å². The van der Waals surface area contributed by atoms with E-state index in [2.05, 4.69) is 5.32 Å². The van der Waals surface area contributed by atoms with Gasteiger partial charge in [0.05, 0.1) is 0 Å². The summed E-state index contributed by atoms with van der Waals surface area (Å²) in [5, 5.41) is 2.79. The molecule has 0 unspecified atom stereocenters. The maximum absolute atomic E-state index is 13.0. The number of hydrogen-bond acceptors (Lipinski definition) is 3. The SMILES string of the molecule is O=C(CN1C(=O)CCC1=O)NCC1(c2ccc(F)cc2)CC1. The molecule has 1 aliphatic heterocycles. The number of nitrogens with zero attached hydrogens (tertiary/aromatic N) is 1. The Balaban J connectivity index is 1.56. The highest BCUT2D eigenvalue weighted by atomic mass is 19.1. The van der Waals surface area contributed by atoms with Crippen LogP contribution in [0.15, 0.2) is 24.3 Å². The third kappa shape index (κ3) is 2.86. The molecule has 1 aromatic rings. The predicted molar refractivity (Wildman–Crippen MR) is 76.3 cm³/mol. The number of rotatable bonds is 5. The van der Waals surface area contributed by atoms with E-state index < -0.39 is 0 Å². The molecule has 1 heterocycles. The van der Waals surface area contributed by atoms with Crippen LogP contribution in [0.5, 0.6) is 0 Å². The summed E-state index contributed by atoms with van der Waals surface area (Å²) in [6.45, 7) is 0.227. The minimum Gasteiger partial charge on any atom is -0.354 e. The minimum absolute atomic E-state index is 0.137.